The molecule has 1 fully saturated rings. The van der Waals surface area contributed by atoms with Gasteiger partial charge in [0.1, 0.15) is 35.3 Å². The summed E-state index contributed by atoms with van der Waals surface area (Å²) in [6.07, 6.45) is -1.03. The zero-order chi connectivity index (χ0) is 42.9. The Morgan fingerprint density at radius 2 is 1.73 bits per heavy atom. The summed E-state index contributed by atoms with van der Waals surface area (Å²) >= 11 is 1.37. The molecule has 0 spiro atoms. The lowest BCUT2D eigenvalue weighted by Crippen LogP contribution is -2.52. The fourth-order valence-electron chi connectivity index (χ4n) is 7.16. The molecule has 2 atom stereocenters. The maximum absolute atomic E-state index is 14.6. The van der Waals surface area contributed by atoms with Crippen LogP contribution in [0.25, 0.3) is 21.3 Å². The van der Waals surface area contributed by atoms with Crippen LogP contribution in [0, 0.1) is 17.6 Å². The van der Waals surface area contributed by atoms with Gasteiger partial charge < -0.3 is 18.9 Å². The van der Waals surface area contributed by atoms with Gasteiger partial charge in [0.2, 0.25) is 10.0 Å². The summed E-state index contributed by atoms with van der Waals surface area (Å²) in [5.41, 5.74) is 2.42. The highest BCUT2D eigenvalue weighted by molar-refractivity contribution is 7.89. The van der Waals surface area contributed by atoms with Crippen LogP contribution in [0.1, 0.15) is 70.0 Å². The molecule has 0 unspecified atom stereocenters. The largest absolute Gasteiger partial charge is 0.489 e. The Morgan fingerprint density at radius 3 is 2.39 bits per heavy atom. The summed E-state index contributed by atoms with van der Waals surface area (Å²) in [4.78, 5) is 32.7. The smallest absolute Gasteiger partial charge is 0.412 e. The fourth-order valence-corrected chi connectivity index (χ4v) is 9.59. The number of esters is 1. The number of rotatable bonds is 13. The van der Waals surface area contributed by atoms with Crippen LogP contribution in [0.5, 0.6) is 5.75 Å². The van der Waals surface area contributed by atoms with Crippen LogP contribution in [-0.2, 0) is 37.3 Å². The zero-order valence-corrected chi connectivity index (χ0v) is 36.0. The van der Waals surface area contributed by atoms with Crippen LogP contribution in [0.3, 0.4) is 0 Å². The molecule has 0 bridgehead atoms. The number of fused-ring (bicyclic) bond motifs is 1. The molecule has 314 valence electrons. The first-order valence-corrected chi connectivity index (χ1v) is 21.5. The number of sulfonamides is 1. The molecule has 6 rings (SSSR count). The van der Waals surface area contributed by atoms with Crippen LogP contribution in [-0.4, -0.2) is 78.3 Å². The van der Waals surface area contributed by atoms with E-state index in [9.17, 15) is 26.8 Å². The van der Waals surface area contributed by atoms with Crippen molar-refractivity contribution in [3.63, 3.8) is 0 Å². The van der Waals surface area contributed by atoms with Crippen LogP contribution in [0.2, 0.25) is 0 Å². The first-order chi connectivity index (χ1) is 27.8. The Labute approximate surface area is 347 Å². The number of halogens is 2. The van der Waals surface area contributed by atoms with E-state index >= 15 is 0 Å². The topological polar surface area (TPSA) is 125 Å². The van der Waals surface area contributed by atoms with Crippen molar-refractivity contribution in [1.29, 1.82) is 0 Å². The van der Waals surface area contributed by atoms with Gasteiger partial charge in [-0.3, -0.25) is 4.90 Å². The van der Waals surface area contributed by atoms with E-state index in [4.69, 9.17) is 18.9 Å². The van der Waals surface area contributed by atoms with Crippen molar-refractivity contribution in [3.05, 3.63) is 113 Å². The standard InChI is InChI=1S/C44H49F2N3O8S2/c1-27(2)23-48(59(52,53)33-16-18-37-40(22-33)58-26-47-37)24-39-38(49(44(6,7)56-39)42(51)57-43(3,4)5)19-28-9-14-32(15-10-28)55-25-30-12-11-29(20-35(30)41(50)54-8)34-17-13-31(45)21-36(34)46/h9-18,20-22,26-27,38-39H,19,23-25H2,1-8H3/t38-,39+/m0/s1. The number of hydrogen-bond donors (Lipinski definition) is 0. The number of ether oxygens (including phenoxy) is 4. The van der Waals surface area contributed by atoms with Crippen molar-refractivity contribution in [2.24, 2.45) is 5.92 Å². The zero-order valence-electron chi connectivity index (χ0n) is 34.3. The van der Waals surface area contributed by atoms with Crippen molar-refractivity contribution >= 4 is 43.6 Å². The minimum atomic E-state index is -4.00. The lowest BCUT2D eigenvalue weighted by atomic mass is 9.98. The van der Waals surface area contributed by atoms with Gasteiger partial charge in [-0.1, -0.05) is 38.1 Å². The maximum Gasteiger partial charge on any atom is 0.412 e. The Balaban J connectivity index is 1.25. The third kappa shape index (κ3) is 10.1. The molecule has 15 heteroatoms. The molecule has 0 aliphatic carbocycles. The van der Waals surface area contributed by atoms with Crippen molar-refractivity contribution in [2.45, 2.75) is 89.9 Å². The van der Waals surface area contributed by atoms with E-state index in [1.165, 1.54) is 34.9 Å². The summed E-state index contributed by atoms with van der Waals surface area (Å²) in [6.45, 7) is 13.0. The Morgan fingerprint density at radius 1 is 1.00 bits per heavy atom. The average Bonchev–Trinajstić information content (AvgIpc) is 3.73. The van der Waals surface area contributed by atoms with Gasteiger partial charge in [-0.25, -0.2) is 31.8 Å². The molecule has 2 heterocycles. The van der Waals surface area contributed by atoms with Crippen LogP contribution >= 0.6 is 11.3 Å². The van der Waals surface area contributed by atoms with Crippen LogP contribution < -0.4 is 4.74 Å². The predicted octanol–water partition coefficient (Wildman–Crippen LogP) is 9.24. The molecule has 1 amide bonds. The average molecular weight is 850 g/mol. The summed E-state index contributed by atoms with van der Waals surface area (Å²) in [7, 11) is -2.75. The number of benzene rings is 4. The lowest BCUT2D eigenvalue weighted by molar-refractivity contribution is -0.0807. The van der Waals surface area contributed by atoms with Gasteiger partial charge in [-0.2, -0.15) is 4.31 Å². The summed E-state index contributed by atoms with van der Waals surface area (Å²) in [5.74, 6) is -1.65. The van der Waals surface area contributed by atoms with Gasteiger partial charge in [0.25, 0.3) is 0 Å². The Kier molecular flexibility index (Phi) is 12.8. The van der Waals surface area contributed by atoms with Crippen molar-refractivity contribution in [3.8, 4) is 16.9 Å². The number of carbonyl (C=O) groups is 2. The first kappa shape index (κ1) is 43.6. The van der Waals surface area contributed by atoms with E-state index in [1.807, 2.05) is 26.0 Å². The number of aromatic nitrogens is 1. The predicted molar refractivity (Wildman–Crippen MR) is 222 cm³/mol. The molecule has 0 N–H and O–H groups in total. The third-order valence-electron chi connectivity index (χ3n) is 9.78. The molecule has 11 nitrogen and oxygen atoms in total. The lowest BCUT2D eigenvalue weighted by Gasteiger charge is -2.35. The number of carbonyl (C=O) groups excluding carboxylic acids is 2. The molecular weight excluding hydrogens is 801 g/mol. The SMILES string of the molecule is COC(=O)c1cc(-c2ccc(F)cc2F)ccc1COc1ccc(C[C@H]2[C@@H](CN(CC(C)C)S(=O)(=O)c3ccc4ncsc4c3)OC(C)(C)N2C(=O)OC(C)(C)C)cc1. The van der Waals surface area contributed by atoms with Crippen LogP contribution in [0.15, 0.2) is 89.3 Å². The van der Waals surface area contributed by atoms with E-state index < -0.39 is 57.2 Å². The molecule has 0 radical (unpaired) electrons. The number of thiazole rings is 1. The van der Waals surface area contributed by atoms with Gasteiger partial charge in [0.15, 0.2) is 0 Å². The Bertz CT molecular complexity index is 2430. The fraction of sp³-hybridized carbons (Fsp3) is 0.386. The molecular formula is C44H49F2N3O8S2. The first-order valence-electron chi connectivity index (χ1n) is 19.2. The van der Waals surface area contributed by atoms with Crippen molar-refractivity contribution in [2.75, 3.05) is 20.2 Å². The third-order valence-corrected chi connectivity index (χ3v) is 12.4. The number of methoxy groups -OCH3 is 1. The van der Waals surface area contributed by atoms with E-state index in [0.717, 1.165) is 27.9 Å². The second-order valence-corrected chi connectivity index (χ2v) is 19.2. The minimum absolute atomic E-state index is 0.0151. The molecule has 5 aromatic rings. The van der Waals surface area contributed by atoms with Crippen LogP contribution in [0.4, 0.5) is 13.6 Å². The van der Waals surface area contributed by atoms with Gasteiger partial charge in [-0.15, -0.1) is 11.3 Å². The van der Waals surface area contributed by atoms with E-state index in [2.05, 4.69) is 4.98 Å². The molecule has 1 saturated heterocycles. The van der Waals surface area contributed by atoms with E-state index in [-0.39, 0.29) is 41.6 Å². The molecule has 59 heavy (non-hydrogen) atoms. The molecule has 1 aromatic heterocycles. The van der Waals surface area contributed by atoms with Gasteiger partial charge >= 0.3 is 12.1 Å². The summed E-state index contributed by atoms with van der Waals surface area (Å²) in [6, 6.07) is 19.5. The van der Waals surface area contributed by atoms with Gasteiger partial charge in [0, 0.05) is 30.3 Å². The monoisotopic (exact) mass is 849 g/mol. The quantitative estimate of drug-likeness (QED) is 0.107. The Hall–Kier alpha value is -4.96. The number of nitrogens with zero attached hydrogens (tertiary/aromatic N) is 3. The van der Waals surface area contributed by atoms with Gasteiger partial charge in [-0.05, 0) is 107 Å². The highest BCUT2D eigenvalue weighted by Crippen LogP contribution is 2.37. The number of hydrogen-bond acceptors (Lipinski definition) is 10. The maximum atomic E-state index is 14.6. The second kappa shape index (κ2) is 17.3. The molecule has 1 aliphatic rings. The normalized spacial score (nSPS) is 16.8. The number of amides is 1. The van der Waals surface area contributed by atoms with Crippen molar-refractivity contribution in [1.82, 2.24) is 14.2 Å². The van der Waals surface area contributed by atoms with Gasteiger partial charge in [0.05, 0.1) is 45.4 Å². The summed E-state index contributed by atoms with van der Waals surface area (Å²) < 4.78 is 82.5. The summed E-state index contributed by atoms with van der Waals surface area (Å²) in [5, 5.41) is 0. The van der Waals surface area contributed by atoms with E-state index in [1.54, 1.807) is 87.5 Å². The highest BCUT2D eigenvalue weighted by Gasteiger charge is 2.52. The van der Waals surface area contributed by atoms with E-state index in [0.29, 0.717) is 23.3 Å². The molecule has 4 aromatic carbocycles. The highest BCUT2D eigenvalue weighted by atomic mass is 32.2. The molecule has 1 aliphatic heterocycles. The minimum Gasteiger partial charge on any atom is -0.489 e. The molecule has 0 saturated carbocycles. The second-order valence-electron chi connectivity index (χ2n) is 16.3. The van der Waals surface area contributed by atoms with Crippen molar-refractivity contribution < 1.29 is 45.7 Å².